The summed E-state index contributed by atoms with van der Waals surface area (Å²) in [6.07, 6.45) is 2.70. The van der Waals surface area contributed by atoms with Gasteiger partial charge in [0.15, 0.2) is 0 Å². The molecule has 2 aromatic rings. The Morgan fingerprint density at radius 1 is 1.24 bits per heavy atom. The first kappa shape index (κ1) is 18.8. The van der Waals surface area contributed by atoms with Crippen LogP contribution in [0.2, 0.25) is 0 Å². The van der Waals surface area contributed by atoms with Gasteiger partial charge in [0.2, 0.25) is 0 Å². The van der Waals surface area contributed by atoms with Crippen LogP contribution in [-0.4, -0.2) is 22.0 Å². The number of nitrogens with zero attached hydrogens (tertiary/aromatic N) is 1. The van der Waals surface area contributed by atoms with E-state index in [9.17, 15) is 9.59 Å². The number of anilines is 1. The van der Waals surface area contributed by atoms with Crippen LogP contribution in [-0.2, 0) is 10.2 Å². The fraction of sp³-hybridized carbons (Fsp3) is 0.278. The summed E-state index contributed by atoms with van der Waals surface area (Å²) in [7, 11) is 0. The number of hydrogen-bond donors (Lipinski definition) is 3. The summed E-state index contributed by atoms with van der Waals surface area (Å²) in [5.74, 6) is -0.882. The number of para-hydroxylation sites is 1. The minimum atomic E-state index is -0.644. The predicted molar refractivity (Wildman–Crippen MR) is 98.9 cm³/mol. The van der Waals surface area contributed by atoms with E-state index in [1.165, 1.54) is 29.0 Å². The molecule has 0 aliphatic carbocycles. The number of thiazole rings is 1. The van der Waals surface area contributed by atoms with Crippen molar-refractivity contribution in [2.75, 3.05) is 5.32 Å². The standard InChI is InChI=1S/C18H21N3O3S/c1-11-15(25-17(19-11)18(2,3)4)16(23)20-13-8-6-5-7-12(13)9-10-14(22)21-24/h5-10,24H,1-4H3,(H,20,23)(H,21,22)/b10-9+. The number of hydrogen-bond acceptors (Lipinski definition) is 5. The lowest BCUT2D eigenvalue weighted by Crippen LogP contribution is -2.15. The van der Waals surface area contributed by atoms with Gasteiger partial charge in [0.1, 0.15) is 4.88 Å². The minimum absolute atomic E-state index is 0.119. The first-order chi connectivity index (χ1) is 11.7. The quantitative estimate of drug-likeness (QED) is 0.442. The molecule has 0 radical (unpaired) electrons. The van der Waals surface area contributed by atoms with Crippen molar-refractivity contribution in [1.82, 2.24) is 10.5 Å². The molecule has 1 aromatic carbocycles. The average molecular weight is 359 g/mol. The van der Waals surface area contributed by atoms with Gasteiger partial charge in [-0.15, -0.1) is 11.3 Å². The summed E-state index contributed by atoms with van der Waals surface area (Å²) in [5.41, 5.74) is 3.32. The predicted octanol–water partition coefficient (Wildman–Crippen LogP) is 3.52. The Kier molecular flexibility index (Phi) is 5.71. The average Bonchev–Trinajstić information content (AvgIpc) is 2.96. The second-order valence-corrected chi connectivity index (χ2v) is 7.53. The summed E-state index contributed by atoms with van der Waals surface area (Å²) in [6.45, 7) is 7.98. The van der Waals surface area contributed by atoms with Gasteiger partial charge in [-0.05, 0) is 24.6 Å². The Morgan fingerprint density at radius 3 is 2.52 bits per heavy atom. The lowest BCUT2D eigenvalue weighted by molar-refractivity contribution is -0.124. The van der Waals surface area contributed by atoms with Gasteiger partial charge in [0, 0.05) is 17.2 Å². The van der Waals surface area contributed by atoms with E-state index in [-0.39, 0.29) is 11.3 Å². The number of nitrogens with one attached hydrogen (secondary N) is 2. The van der Waals surface area contributed by atoms with Crippen LogP contribution in [0, 0.1) is 6.92 Å². The highest BCUT2D eigenvalue weighted by atomic mass is 32.1. The van der Waals surface area contributed by atoms with Gasteiger partial charge in [0.05, 0.1) is 10.7 Å². The van der Waals surface area contributed by atoms with Gasteiger partial charge in [-0.25, -0.2) is 10.5 Å². The van der Waals surface area contributed by atoms with E-state index in [1.807, 2.05) is 6.92 Å². The first-order valence-electron chi connectivity index (χ1n) is 7.73. The molecule has 1 aromatic heterocycles. The molecule has 2 amide bonds. The molecule has 3 N–H and O–H groups in total. The van der Waals surface area contributed by atoms with Crippen LogP contribution in [0.1, 0.15) is 46.7 Å². The highest BCUT2D eigenvalue weighted by Crippen LogP contribution is 2.30. The van der Waals surface area contributed by atoms with Crippen molar-refractivity contribution in [3.05, 3.63) is 51.5 Å². The molecule has 0 unspecified atom stereocenters. The zero-order valence-electron chi connectivity index (χ0n) is 14.6. The third-order valence-corrected chi connectivity index (χ3v) is 4.96. The van der Waals surface area contributed by atoms with E-state index in [2.05, 4.69) is 31.1 Å². The number of carbonyl (C=O) groups excluding carboxylic acids is 2. The molecule has 25 heavy (non-hydrogen) atoms. The molecule has 132 valence electrons. The van der Waals surface area contributed by atoms with Crippen molar-refractivity contribution in [3.63, 3.8) is 0 Å². The Balaban J connectivity index is 2.26. The summed E-state index contributed by atoms with van der Waals surface area (Å²) in [4.78, 5) is 28.8. The number of benzene rings is 1. The van der Waals surface area contributed by atoms with Crippen LogP contribution in [0.15, 0.2) is 30.3 Å². The molecule has 0 aliphatic rings. The van der Waals surface area contributed by atoms with E-state index >= 15 is 0 Å². The van der Waals surface area contributed by atoms with E-state index in [4.69, 9.17) is 5.21 Å². The lowest BCUT2D eigenvalue weighted by atomic mass is 9.98. The van der Waals surface area contributed by atoms with Crippen molar-refractivity contribution >= 4 is 34.9 Å². The third kappa shape index (κ3) is 4.74. The van der Waals surface area contributed by atoms with E-state index in [0.29, 0.717) is 21.8 Å². The molecule has 0 atom stereocenters. The van der Waals surface area contributed by atoms with Crippen molar-refractivity contribution in [1.29, 1.82) is 0 Å². The Labute approximate surface area is 150 Å². The van der Waals surface area contributed by atoms with Crippen LogP contribution in [0.4, 0.5) is 5.69 Å². The van der Waals surface area contributed by atoms with Crippen LogP contribution in [0.25, 0.3) is 6.08 Å². The zero-order valence-corrected chi connectivity index (χ0v) is 15.4. The van der Waals surface area contributed by atoms with Crippen molar-refractivity contribution in [3.8, 4) is 0 Å². The fourth-order valence-electron chi connectivity index (χ4n) is 2.07. The second-order valence-electron chi connectivity index (χ2n) is 6.53. The van der Waals surface area contributed by atoms with Gasteiger partial charge < -0.3 is 5.32 Å². The number of aryl methyl sites for hydroxylation is 1. The molecule has 0 spiro atoms. The van der Waals surface area contributed by atoms with Gasteiger partial charge >= 0.3 is 0 Å². The van der Waals surface area contributed by atoms with Crippen LogP contribution in [0.5, 0.6) is 0 Å². The van der Waals surface area contributed by atoms with E-state index in [1.54, 1.807) is 24.3 Å². The number of hydroxylamine groups is 1. The third-order valence-electron chi connectivity index (χ3n) is 3.38. The maximum atomic E-state index is 12.6. The van der Waals surface area contributed by atoms with Crippen molar-refractivity contribution in [2.45, 2.75) is 33.1 Å². The highest BCUT2D eigenvalue weighted by Gasteiger charge is 2.23. The molecular weight excluding hydrogens is 338 g/mol. The number of aromatic nitrogens is 1. The monoisotopic (exact) mass is 359 g/mol. The normalized spacial score (nSPS) is 11.6. The summed E-state index contributed by atoms with van der Waals surface area (Å²) < 4.78 is 0. The largest absolute Gasteiger partial charge is 0.321 e. The Hall–Kier alpha value is -2.51. The number of rotatable bonds is 4. The summed E-state index contributed by atoms with van der Waals surface area (Å²) >= 11 is 1.38. The topological polar surface area (TPSA) is 91.3 Å². The number of amides is 2. The Morgan fingerprint density at radius 2 is 1.92 bits per heavy atom. The van der Waals surface area contributed by atoms with Gasteiger partial charge in [-0.2, -0.15) is 0 Å². The number of carbonyl (C=O) groups is 2. The van der Waals surface area contributed by atoms with E-state index < -0.39 is 5.91 Å². The lowest BCUT2D eigenvalue weighted by Gasteiger charge is -2.13. The SMILES string of the molecule is Cc1nc(C(C)(C)C)sc1C(=O)Nc1ccccc1/C=C/C(=O)NO. The highest BCUT2D eigenvalue weighted by molar-refractivity contribution is 7.14. The molecule has 0 saturated heterocycles. The molecule has 0 saturated carbocycles. The smallest absolute Gasteiger partial charge is 0.267 e. The Bertz CT molecular complexity index is 819. The molecule has 1 heterocycles. The molecule has 2 rings (SSSR count). The van der Waals surface area contributed by atoms with Crippen LogP contribution < -0.4 is 10.8 Å². The maximum Gasteiger partial charge on any atom is 0.267 e. The van der Waals surface area contributed by atoms with Crippen molar-refractivity contribution < 1.29 is 14.8 Å². The summed E-state index contributed by atoms with van der Waals surface area (Å²) in [5, 5.41) is 12.3. The van der Waals surface area contributed by atoms with Crippen LogP contribution in [0.3, 0.4) is 0 Å². The molecule has 7 heteroatoms. The molecule has 0 aliphatic heterocycles. The zero-order chi connectivity index (χ0) is 18.6. The molecule has 0 bridgehead atoms. The molecular formula is C18H21N3O3S. The van der Waals surface area contributed by atoms with Gasteiger partial charge in [-0.3, -0.25) is 14.8 Å². The molecule has 0 fully saturated rings. The minimum Gasteiger partial charge on any atom is -0.321 e. The maximum absolute atomic E-state index is 12.6. The summed E-state index contributed by atoms with van der Waals surface area (Å²) in [6, 6.07) is 7.09. The van der Waals surface area contributed by atoms with Gasteiger partial charge in [0.25, 0.3) is 11.8 Å². The van der Waals surface area contributed by atoms with Crippen LogP contribution >= 0.6 is 11.3 Å². The molecule has 6 nitrogen and oxygen atoms in total. The first-order valence-corrected chi connectivity index (χ1v) is 8.54. The van der Waals surface area contributed by atoms with Gasteiger partial charge in [-0.1, -0.05) is 39.0 Å². The van der Waals surface area contributed by atoms with Crippen molar-refractivity contribution in [2.24, 2.45) is 0 Å². The fourth-order valence-corrected chi connectivity index (χ4v) is 3.09. The second kappa shape index (κ2) is 7.58. The van der Waals surface area contributed by atoms with E-state index in [0.717, 1.165) is 5.01 Å².